The van der Waals surface area contributed by atoms with Gasteiger partial charge in [-0.05, 0) is 17.5 Å². The van der Waals surface area contributed by atoms with Crippen molar-refractivity contribution in [2.45, 2.75) is 39.8 Å². The van der Waals surface area contributed by atoms with E-state index in [1.807, 2.05) is 0 Å². The first kappa shape index (κ1) is 22.8. The highest BCUT2D eigenvalue weighted by molar-refractivity contribution is 5.97. The number of carbonyl (C=O) groups is 2. The second kappa shape index (κ2) is 9.11. The van der Waals surface area contributed by atoms with Crippen molar-refractivity contribution < 1.29 is 28.2 Å². The molecule has 8 nitrogen and oxygen atoms in total. The summed E-state index contributed by atoms with van der Waals surface area (Å²) >= 11 is 0. The predicted molar refractivity (Wildman–Crippen MR) is 108 cm³/mol. The fraction of sp³-hybridized carbons (Fsp3) is 0.476. The molecule has 31 heavy (non-hydrogen) atoms. The zero-order valence-corrected chi connectivity index (χ0v) is 17.7. The number of fused-ring (bicyclic) bond motifs is 1. The predicted octanol–water partition coefficient (Wildman–Crippen LogP) is 1.48. The van der Waals surface area contributed by atoms with Gasteiger partial charge in [0.15, 0.2) is 17.3 Å². The Labute approximate surface area is 178 Å². The van der Waals surface area contributed by atoms with Crippen LogP contribution in [0.15, 0.2) is 18.2 Å². The van der Waals surface area contributed by atoms with Gasteiger partial charge in [-0.1, -0.05) is 20.8 Å². The van der Waals surface area contributed by atoms with Crippen molar-refractivity contribution in [3.63, 3.8) is 0 Å². The number of hydrogen-bond acceptors (Lipinski definition) is 5. The maximum atomic E-state index is 13.8. The van der Waals surface area contributed by atoms with Gasteiger partial charge < -0.3 is 20.5 Å². The van der Waals surface area contributed by atoms with Gasteiger partial charge in [-0.2, -0.15) is 5.10 Å². The van der Waals surface area contributed by atoms with Gasteiger partial charge in [0.05, 0.1) is 31.2 Å². The number of aliphatic hydroxyl groups excluding tert-OH is 1. The molecular weight excluding hydrogens is 410 g/mol. The minimum absolute atomic E-state index is 0.0589. The maximum Gasteiger partial charge on any atom is 0.272 e. The number of aromatic nitrogens is 2. The van der Waals surface area contributed by atoms with Crippen LogP contribution in [0, 0.1) is 17.0 Å². The van der Waals surface area contributed by atoms with Crippen LogP contribution >= 0.6 is 0 Å². The molecule has 1 aromatic carbocycles. The lowest BCUT2D eigenvalue weighted by Crippen LogP contribution is -2.54. The molecule has 0 bridgehead atoms. The van der Waals surface area contributed by atoms with Gasteiger partial charge in [-0.15, -0.1) is 0 Å². The van der Waals surface area contributed by atoms with E-state index < -0.39 is 34.9 Å². The Morgan fingerprint density at radius 2 is 2.03 bits per heavy atom. The SMILES string of the molecule is CC(C)(C)[C@H](NC(=O)c1nn(-c2ccc(F)c(F)c2)c2c1COCC2)C(=O)NCCO. The highest BCUT2D eigenvalue weighted by Gasteiger charge is 2.35. The summed E-state index contributed by atoms with van der Waals surface area (Å²) in [5.74, 6) is -3.01. The molecule has 2 aromatic rings. The van der Waals surface area contributed by atoms with Crippen LogP contribution in [0.5, 0.6) is 0 Å². The van der Waals surface area contributed by atoms with E-state index in [4.69, 9.17) is 9.84 Å². The van der Waals surface area contributed by atoms with Gasteiger partial charge in [0.25, 0.3) is 5.91 Å². The summed E-state index contributed by atoms with van der Waals surface area (Å²) in [5, 5.41) is 18.6. The topological polar surface area (TPSA) is 105 Å². The molecule has 10 heteroatoms. The first-order valence-corrected chi connectivity index (χ1v) is 9.97. The molecule has 0 spiro atoms. The van der Waals surface area contributed by atoms with Crippen LogP contribution in [-0.4, -0.2) is 52.5 Å². The molecular formula is C21H26F2N4O4. The Hall–Kier alpha value is -2.85. The third-order valence-electron chi connectivity index (χ3n) is 5.00. The third kappa shape index (κ3) is 4.91. The number of hydrogen-bond donors (Lipinski definition) is 3. The summed E-state index contributed by atoms with van der Waals surface area (Å²) in [5.41, 5.74) is 0.929. The van der Waals surface area contributed by atoms with E-state index in [9.17, 15) is 18.4 Å². The molecule has 0 aliphatic carbocycles. The van der Waals surface area contributed by atoms with E-state index in [1.165, 1.54) is 10.7 Å². The maximum absolute atomic E-state index is 13.8. The third-order valence-corrected chi connectivity index (χ3v) is 5.00. The standard InChI is InChI=1S/C21H26F2N4O4/c1-21(2,3)18(20(30)24-7-8-28)25-19(29)17-13-11-31-9-6-16(13)27(26-17)12-4-5-14(22)15(23)10-12/h4-5,10,18,28H,6-9,11H2,1-3H3,(H,24,30)(H,25,29)/t18-/m1/s1. The second-order valence-corrected chi connectivity index (χ2v) is 8.37. The van der Waals surface area contributed by atoms with Crippen LogP contribution in [0.25, 0.3) is 5.69 Å². The Morgan fingerprint density at radius 3 is 2.68 bits per heavy atom. The van der Waals surface area contributed by atoms with Crippen LogP contribution in [-0.2, 0) is 22.6 Å². The monoisotopic (exact) mass is 436 g/mol. The fourth-order valence-corrected chi connectivity index (χ4v) is 3.41. The van der Waals surface area contributed by atoms with Crippen LogP contribution in [0.1, 0.15) is 42.5 Å². The Balaban J connectivity index is 1.96. The van der Waals surface area contributed by atoms with E-state index in [0.29, 0.717) is 24.3 Å². The molecule has 168 valence electrons. The lowest BCUT2D eigenvalue weighted by molar-refractivity contribution is -0.125. The van der Waals surface area contributed by atoms with Gasteiger partial charge >= 0.3 is 0 Å². The summed E-state index contributed by atoms with van der Waals surface area (Å²) in [6.45, 7) is 5.78. The van der Waals surface area contributed by atoms with E-state index in [2.05, 4.69) is 15.7 Å². The lowest BCUT2D eigenvalue weighted by atomic mass is 9.86. The molecule has 1 aromatic heterocycles. The number of halogens is 2. The Bertz CT molecular complexity index is 984. The van der Waals surface area contributed by atoms with Crippen molar-refractivity contribution in [3.8, 4) is 5.69 Å². The molecule has 2 heterocycles. The molecule has 1 aliphatic rings. The number of carbonyl (C=O) groups excluding carboxylic acids is 2. The van der Waals surface area contributed by atoms with E-state index in [-0.39, 0.29) is 31.1 Å². The summed E-state index contributed by atoms with van der Waals surface area (Å²) in [6, 6.07) is 2.50. The molecule has 1 aliphatic heterocycles. The molecule has 0 saturated heterocycles. The highest BCUT2D eigenvalue weighted by atomic mass is 19.2. The summed E-state index contributed by atoms with van der Waals surface area (Å²) < 4.78 is 34.0. The number of rotatable bonds is 6. The summed E-state index contributed by atoms with van der Waals surface area (Å²) in [4.78, 5) is 25.6. The number of aliphatic hydroxyl groups is 1. The van der Waals surface area contributed by atoms with Crippen molar-refractivity contribution in [3.05, 3.63) is 46.8 Å². The molecule has 0 fully saturated rings. The van der Waals surface area contributed by atoms with Crippen LogP contribution < -0.4 is 10.6 Å². The van der Waals surface area contributed by atoms with Crippen LogP contribution in [0.3, 0.4) is 0 Å². The Kier molecular flexibility index (Phi) is 6.71. The second-order valence-electron chi connectivity index (χ2n) is 8.37. The Morgan fingerprint density at radius 1 is 1.29 bits per heavy atom. The van der Waals surface area contributed by atoms with Crippen molar-refractivity contribution >= 4 is 11.8 Å². The van der Waals surface area contributed by atoms with Crippen molar-refractivity contribution in [1.82, 2.24) is 20.4 Å². The first-order chi connectivity index (χ1) is 14.6. The molecule has 0 unspecified atom stereocenters. The zero-order chi connectivity index (χ0) is 22.8. The minimum atomic E-state index is -1.02. The largest absolute Gasteiger partial charge is 0.395 e. The van der Waals surface area contributed by atoms with Crippen molar-refractivity contribution in [2.24, 2.45) is 5.41 Å². The van der Waals surface area contributed by atoms with E-state index in [0.717, 1.165) is 12.1 Å². The van der Waals surface area contributed by atoms with Gasteiger partial charge in [0, 0.05) is 24.6 Å². The first-order valence-electron chi connectivity index (χ1n) is 9.97. The van der Waals surface area contributed by atoms with Gasteiger partial charge in [-0.25, -0.2) is 13.5 Å². The van der Waals surface area contributed by atoms with E-state index in [1.54, 1.807) is 20.8 Å². The van der Waals surface area contributed by atoms with Gasteiger partial charge in [0.1, 0.15) is 6.04 Å². The van der Waals surface area contributed by atoms with E-state index >= 15 is 0 Å². The normalized spacial score (nSPS) is 14.6. The van der Waals surface area contributed by atoms with Gasteiger partial charge in [0.2, 0.25) is 5.91 Å². The number of amides is 2. The lowest BCUT2D eigenvalue weighted by Gasteiger charge is -2.30. The van der Waals surface area contributed by atoms with Crippen molar-refractivity contribution in [1.29, 1.82) is 0 Å². The summed E-state index contributed by atoms with van der Waals surface area (Å²) in [7, 11) is 0. The zero-order valence-electron chi connectivity index (χ0n) is 17.7. The molecule has 3 N–H and O–H groups in total. The minimum Gasteiger partial charge on any atom is -0.395 e. The van der Waals surface area contributed by atoms with Crippen LogP contribution in [0.4, 0.5) is 8.78 Å². The quantitative estimate of drug-likeness (QED) is 0.636. The molecule has 2 amide bonds. The number of nitrogens with zero attached hydrogens (tertiary/aromatic N) is 2. The molecule has 1 atom stereocenters. The smallest absolute Gasteiger partial charge is 0.272 e. The number of ether oxygens (including phenoxy) is 1. The fourth-order valence-electron chi connectivity index (χ4n) is 3.41. The molecule has 0 saturated carbocycles. The number of benzene rings is 1. The summed E-state index contributed by atoms with van der Waals surface area (Å²) in [6.07, 6.45) is 0.439. The van der Waals surface area contributed by atoms with Crippen molar-refractivity contribution in [2.75, 3.05) is 19.8 Å². The molecule has 0 radical (unpaired) electrons. The van der Waals surface area contributed by atoms with Gasteiger partial charge in [-0.3, -0.25) is 9.59 Å². The molecule has 3 rings (SSSR count). The highest BCUT2D eigenvalue weighted by Crippen LogP contribution is 2.26. The number of nitrogens with one attached hydrogen (secondary N) is 2. The average Bonchev–Trinajstić information content (AvgIpc) is 3.11. The van der Waals surface area contributed by atoms with Crippen LogP contribution in [0.2, 0.25) is 0 Å². The average molecular weight is 436 g/mol.